The monoisotopic (exact) mass is 507 g/mol. The molecule has 1 spiro atoms. The van der Waals surface area contributed by atoms with Gasteiger partial charge in [0.05, 0.1) is 6.61 Å². The first-order chi connectivity index (χ1) is 17.8. The number of carboxylic acid groups (broad SMARTS) is 1. The number of aromatic nitrogens is 1. The summed E-state index contributed by atoms with van der Waals surface area (Å²) >= 11 is 0. The number of carbonyl (C=O) groups is 1. The smallest absolute Gasteiger partial charge is 0.323 e. The second-order valence-corrected chi connectivity index (χ2v) is 11.6. The lowest BCUT2D eigenvalue weighted by molar-refractivity contribution is -0.146. The van der Waals surface area contributed by atoms with Crippen LogP contribution in [0.25, 0.3) is 0 Å². The molecule has 4 aliphatic rings. The fraction of sp³-hybridized carbons (Fsp3) is 0.586. The SMILES string of the molecule is C[C@@H](COc1ccnc2c1[C@H](C)CCC2)CN1Cc2cc3c(cc2C12CCC(N)(C(=O)O)CC2)OCO3. The molecule has 1 fully saturated rings. The Morgan fingerprint density at radius 3 is 2.78 bits per heavy atom. The van der Waals surface area contributed by atoms with Crippen molar-refractivity contribution in [2.45, 2.75) is 82.3 Å². The Labute approximate surface area is 218 Å². The number of pyridine rings is 1. The van der Waals surface area contributed by atoms with E-state index in [4.69, 9.17) is 19.9 Å². The van der Waals surface area contributed by atoms with Gasteiger partial charge in [0.1, 0.15) is 11.3 Å². The van der Waals surface area contributed by atoms with E-state index in [0.29, 0.717) is 38.2 Å². The second kappa shape index (κ2) is 9.17. The molecule has 0 amide bonds. The average molecular weight is 508 g/mol. The van der Waals surface area contributed by atoms with Gasteiger partial charge in [-0.2, -0.15) is 0 Å². The van der Waals surface area contributed by atoms with Gasteiger partial charge in [-0.15, -0.1) is 0 Å². The standard InChI is InChI=1S/C29H37N3O5/c1-18(16-35-23-6-11-31-22-5-3-4-19(2)26(22)23)14-32-15-20-12-24-25(37-17-36-24)13-21(20)29(32)9-7-28(30,8-10-29)27(33)34/h6,11-13,18-19H,3-5,7-10,14-17,30H2,1-2H3,(H,33,34)/t18-,19-,28?,29?/m1/s1. The van der Waals surface area contributed by atoms with E-state index in [0.717, 1.165) is 36.8 Å². The van der Waals surface area contributed by atoms with E-state index in [1.165, 1.54) is 35.2 Å². The van der Waals surface area contributed by atoms with Crippen LogP contribution in [0.4, 0.5) is 0 Å². The highest BCUT2D eigenvalue weighted by Gasteiger charge is 2.52. The first-order valence-corrected chi connectivity index (χ1v) is 13.6. The third-order valence-corrected chi connectivity index (χ3v) is 9.09. The summed E-state index contributed by atoms with van der Waals surface area (Å²) in [4.78, 5) is 19.0. The lowest BCUT2D eigenvalue weighted by Gasteiger charge is -2.47. The maximum absolute atomic E-state index is 11.9. The molecule has 2 aromatic rings. The van der Waals surface area contributed by atoms with Gasteiger partial charge in [0.15, 0.2) is 11.5 Å². The van der Waals surface area contributed by atoms with Crippen molar-refractivity contribution in [3.8, 4) is 17.2 Å². The lowest BCUT2D eigenvalue weighted by atomic mass is 9.69. The van der Waals surface area contributed by atoms with E-state index >= 15 is 0 Å². The molecule has 1 aromatic heterocycles. The summed E-state index contributed by atoms with van der Waals surface area (Å²) in [5, 5.41) is 9.75. The van der Waals surface area contributed by atoms with Gasteiger partial charge in [0, 0.05) is 42.0 Å². The Bertz CT molecular complexity index is 1210. The second-order valence-electron chi connectivity index (χ2n) is 11.6. The van der Waals surface area contributed by atoms with Crippen LogP contribution in [-0.2, 0) is 23.3 Å². The highest BCUT2D eigenvalue weighted by atomic mass is 16.7. The van der Waals surface area contributed by atoms with E-state index in [1.807, 2.05) is 12.3 Å². The van der Waals surface area contributed by atoms with Crippen LogP contribution in [0.5, 0.6) is 17.2 Å². The topological polar surface area (TPSA) is 107 Å². The largest absolute Gasteiger partial charge is 0.493 e. The number of ether oxygens (including phenoxy) is 3. The Morgan fingerprint density at radius 1 is 1.27 bits per heavy atom. The summed E-state index contributed by atoms with van der Waals surface area (Å²) in [6.45, 7) is 6.99. The van der Waals surface area contributed by atoms with Gasteiger partial charge in [0.2, 0.25) is 6.79 Å². The highest BCUT2D eigenvalue weighted by Crippen LogP contribution is 2.53. The normalized spacial score (nSPS) is 29.1. The summed E-state index contributed by atoms with van der Waals surface area (Å²) < 4.78 is 17.8. The van der Waals surface area contributed by atoms with E-state index in [1.54, 1.807) is 0 Å². The Kier molecular flexibility index (Phi) is 6.07. The Hall–Kier alpha value is -2.84. The molecule has 1 saturated carbocycles. The van der Waals surface area contributed by atoms with Crippen molar-refractivity contribution in [1.82, 2.24) is 9.88 Å². The average Bonchev–Trinajstić information content (AvgIpc) is 3.45. The van der Waals surface area contributed by atoms with Gasteiger partial charge >= 0.3 is 5.97 Å². The third kappa shape index (κ3) is 4.14. The number of fused-ring (bicyclic) bond motifs is 4. The molecule has 2 aliphatic heterocycles. The summed E-state index contributed by atoms with van der Waals surface area (Å²) in [6, 6.07) is 6.23. The molecule has 2 atom stereocenters. The molecule has 0 saturated heterocycles. The van der Waals surface area contributed by atoms with E-state index < -0.39 is 11.5 Å². The van der Waals surface area contributed by atoms with E-state index in [2.05, 4.69) is 35.9 Å². The number of aryl methyl sites for hydroxylation is 1. The van der Waals surface area contributed by atoms with Crippen LogP contribution in [0.1, 0.15) is 80.7 Å². The van der Waals surface area contributed by atoms with Crippen molar-refractivity contribution >= 4 is 5.97 Å². The van der Waals surface area contributed by atoms with Gasteiger partial charge in [-0.25, -0.2) is 0 Å². The minimum absolute atomic E-state index is 0.242. The molecule has 37 heavy (non-hydrogen) atoms. The molecule has 8 nitrogen and oxygen atoms in total. The number of nitrogens with zero attached hydrogens (tertiary/aromatic N) is 2. The van der Waals surface area contributed by atoms with Crippen LogP contribution < -0.4 is 19.9 Å². The number of hydrogen-bond donors (Lipinski definition) is 2. The van der Waals surface area contributed by atoms with Crippen LogP contribution >= 0.6 is 0 Å². The van der Waals surface area contributed by atoms with Gasteiger partial charge in [-0.3, -0.25) is 14.7 Å². The Morgan fingerprint density at radius 2 is 2.03 bits per heavy atom. The molecule has 0 bridgehead atoms. The zero-order valence-corrected chi connectivity index (χ0v) is 21.8. The zero-order valence-electron chi connectivity index (χ0n) is 21.8. The molecular formula is C29H37N3O5. The minimum atomic E-state index is -1.16. The predicted octanol–water partition coefficient (Wildman–Crippen LogP) is 4.33. The zero-order chi connectivity index (χ0) is 25.8. The molecule has 2 aliphatic carbocycles. The third-order valence-electron chi connectivity index (χ3n) is 9.09. The van der Waals surface area contributed by atoms with Gasteiger partial charge in [-0.1, -0.05) is 13.8 Å². The van der Waals surface area contributed by atoms with Crippen LogP contribution in [-0.4, -0.2) is 46.4 Å². The summed E-state index contributed by atoms with van der Waals surface area (Å²) in [7, 11) is 0. The molecule has 0 radical (unpaired) electrons. The number of benzene rings is 1. The predicted molar refractivity (Wildman–Crippen MR) is 138 cm³/mol. The van der Waals surface area contributed by atoms with Crippen molar-refractivity contribution in [3.63, 3.8) is 0 Å². The fourth-order valence-electron chi connectivity index (χ4n) is 6.95. The van der Waals surface area contributed by atoms with Crippen molar-refractivity contribution in [2.75, 3.05) is 19.9 Å². The van der Waals surface area contributed by atoms with Crippen LogP contribution in [0.15, 0.2) is 24.4 Å². The highest BCUT2D eigenvalue weighted by molar-refractivity contribution is 5.78. The van der Waals surface area contributed by atoms with Crippen molar-refractivity contribution in [1.29, 1.82) is 0 Å². The maximum Gasteiger partial charge on any atom is 0.323 e. The summed E-state index contributed by atoms with van der Waals surface area (Å²) in [5.41, 5.74) is 9.80. The first kappa shape index (κ1) is 24.5. The number of carboxylic acids is 1. The quantitative estimate of drug-likeness (QED) is 0.595. The van der Waals surface area contributed by atoms with E-state index in [9.17, 15) is 9.90 Å². The van der Waals surface area contributed by atoms with Crippen LogP contribution in [0, 0.1) is 5.92 Å². The van der Waals surface area contributed by atoms with Crippen molar-refractivity contribution in [3.05, 3.63) is 46.8 Å². The van der Waals surface area contributed by atoms with Gasteiger partial charge < -0.3 is 25.1 Å². The molecule has 1 aromatic carbocycles. The minimum Gasteiger partial charge on any atom is -0.493 e. The molecule has 198 valence electrons. The Balaban J connectivity index is 1.22. The van der Waals surface area contributed by atoms with Gasteiger partial charge in [-0.05, 0) is 80.2 Å². The summed E-state index contributed by atoms with van der Waals surface area (Å²) in [6.07, 6.45) is 7.54. The van der Waals surface area contributed by atoms with Gasteiger partial charge in [0.25, 0.3) is 0 Å². The maximum atomic E-state index is 11.9. The molecule has 8 heteroatoms. The van der Waals surface area contributed by atoms with E-state index in [-0.39, 0.29) is 18.2 Å². The van der Waals surface area contributed by atoms with Crippen molar-refractivity contribution < 1.29 is 24.1 Å². The number of rotatable bonds is 6. The molecule has 0 unspecified atom stereocenters. The van der Waals surface area contributed by atoms with Crippen LogP contribution in [0.2, 0.25) is 0 Å². The number of hydrogen-bond acceptors (Lipinski definition) is 7. The molecule has 6 rings (SSSR count). The number of aliphatic carboxylic acids is 1. The summed E-state index contributed by atoms with van der Waals surface area (Å²) in [5.74, 6) is 2.38. The lowest BCUT2D eigenvalue weighted by Crippen LogP contribution is -2.56. The van der Waals surface area contributed by atoms with Crippen molar-refractivity contribution in [2.24, 2.45) is 11.7 Å². The molecular weight excluding hydrogens is 470 g/mol. The first-order valence-electron chi connectivity index (χ1n) is 13.6. The molecule has 3 heterocycles. The fourth-order valence-corrected chi connectivity index (χ4v) is 6.95. The number of nitrogens with two attached hydrogens (primary N) is 1. The molecule has 3 N–H and O–H groups in total. The van der Waals surface area contributed by atoms with Crippen LogP contribution in [0.3, 0.4) is 0 Å².